The fourth-order valence-corrected chi connectivity index (χ4v) is 4.35. The Kier molecular flexibility index (Phi) is 9.44. The van der Waals surface area contributed by atoms with E-state index >= 15 is 0 Å². The number of ether oxygens (including phenoxy) is 2. The molecule has 0 aliphatic carbocycles. The first-order valence-corrected chi connectivity index (χ1v) is 12.6. The lowest BCUT2D eigenvalue weighted by Gasteiger charge is -2.15. The summed E-state index contributed by atoms with van der Waals surface area (Å²) in [6, 6.07) is 16.5. The summed E-state index contributed by atoms with van der Waals surface area (Å²) in [6.45, 7) is 6.45. The lowest BCUT2D eigenvalue weighted by molar-refractivity contribution is -0.112. The third-order valence-electron chi connectivity index (χ3n) is 5.23. The number of benzene rings is 3. The Morgan fingerprint density at radius 2 is 1.89 bits per heavy atom. The molecular weight excluding hydrogens is 598 g/mol. The Bertz CT molecular complexity index is 1330. The average Bonchev–Trinajstić information content (AvgIpc) is 2.82. The molecule has 0 aliphatic heterocycles. The van der Waals surface area contributed by atoms with E-state index in [1.807, 2.05) is 57.2 Å². The minimum absolute atomic E-state index is 0.0198. The molecule has 3 rings (SSSR count). The first kappa shape index (κ1) is 26.9. The SMILES string of the molecule is CCOc1cc(/C=C(\C#N)C(=O)Nc2cccc(C)c2C)cc(I)c1OCc1ccc(Cl)c(Cl)c1. The van der Waals surface area contributed by atoms with Gasteiger partial charge in [0.05, 0.1) is 20.2 Å². The molecule has 3 aromatic rings. The van der Waals surface area contributed by atoms with Crippen LogP contribution in [0.2, 0.25) is 10.0 Å². The highest BCUT2D eigenvalue weighted by molar-refractivity contribution is 14.1. The van der Waals surface area contributed by atoms with Crippen LogP contribution in [0.1, 0.15) is 29.2 Å². The van der Waals surface area contributed by atoms with Crippen LogP contribution in [0.25, 0.3) is 6.08 Å². The number of rotatable bonds is 8. The normalized spacial score (nSPS) is 11.1. The van der Waals surface area contributed by atoms with Gasteiger partial charge in [-0.15, -0.1) is 0 Å². The Morgan fingerprint density at radius 3 is 2.57 bits per heavy atom. The van der Waals surface area contributed by atoms with Crippen molar-refractivity contribution >= 4 is 63.5 Å². The van der Waals surface area contributed by atoms with Crippen LogP contribution in [-0.4, -0.2) is 12.5 Å². The van der Waals surface area contributed by atoms with Crippen LogP contribution in [0, 0.1) is 28.7 Å². The zero-order valence-corrected chi connectivity index (χ0v) is 23.1. The highest BCUT2D eigenvalue weighted by Crippen LogP contribution is 2.36. The monoisotopic (exact) mass is 620 g/mol. The molecule has 8 heteroatoms. The molecule has 1 N–H and O–H groups in total. The summed E-state index contributed by atoms with van der Waals surface area (Å²) >= 11 is 14.2. The van der Waals surface area contributed by atoms with Crippen molar-refractivity contribution in [2.45, 2.75) is 27.4 Å². The second-order valence-electron chi connectivity index (χ2n) is 7.67. The van der Waals surface area contributed by atoms with Gasteiger partial charge in [-0.2, -0.15) is 5.26 Å². The zero-order chi connectivity index (χ0) is 25.5. The number of hydrogen-bond acceptors (Lipinski definition) is 4. The number of nitrogens with zero attached hydrogens (tertiary/aromatic N) is 1. The van der Waals surface area contributed by atoms with Crippen molar-refractivity contribution in [3.8, 4) is 17.6 Å². The van der Waals surface area contributed by atoms with Gasteiger partial charge in [-0.3, -0.25) is 4.79 Å². The molecule has 0 bridgehead atoms. The van der Waals surface area contributed by atoms with E-state index in [0.717, 1.165) is 20.3 Å². The van der Waals surface area contributed by atoms with Gasteiger partial charge in [0.1, 0.15) is 18.2 Å². The first-order valence-electron chi connectivity index (χ1n) is 10.8. The standard InChI is InChI=1S/C27H23Cl2IN2O3/c1-4-34-25-13-19(10-20(14-31)27(33)32-24-7-5-6-16(2)17(24)3)12-23(30)26(25)35-15-18-8-9-21(28)22(29)11-18/h5-13H,4,15H2,1-3H3,(H,32,33)/b20-10+. The van der Waals surface area contributed by atoms with Crippen LogP contribution in [-0.2, 0) is 11.4 Å². The topological polar surface area (TPSA) is 71.3 Å². The molecule has 0 saturated carbocycles. The third-order valence-corrected chi connectivity index (χ3v) is 6.77. The predicted molar refractivity (Wildman–Crippen MR) is 149 cm³/mol. The van der Waals surface area contributed by atoms with Crippen molar-refractivity contribution in [1.82, 2.24) is 0 Å². The van der Waals surface area contributed by atoms with Gasteiger partial charge in [0.2, 0.25) is 0 Å². The maximum atomic E-state index is 12.8. The van der Waals surface area contributed by atoms with Crippen molar-refractivity contribution < 1.29 is 14.3 Å². The molecule has 0 heterocycles. The Labute approximate surface area is 228 Å². The number of hydrogen-bond donors (Lipinski definition) is 1. The van der Waals surface area contributed by atoms with Gasteiger partial charge in [0.25, 0.3) is 5.91 Å². The van der Waals surface area contributed by atoms with E-state index in [9.17, 15) is 10.1 Å². The summed E-state index contributed by atoms with van der Waals surface area (Å²) in [6.07, 6.45) is 1.54. The summed E-state index contributed by atoms with van der Waals surface area (Å²) in [5, 5.41) is 13.4. The van der Waals surface area contributed by atoms with Crippen molar-refractivity contribution in [3.05, 3.63) is 90.0 Å². The molecule has 0 atom stereocenters. The zero-order valence-electron chi connectivity index (χ0n) is 19.4. The average molecular weight is 621 g/mol. The number of amides is 1. The molecule has 0 aromatic heterocycles. The maximum Gasteiger partial charge on any atom is 0.266 e. The van der Waals surface area contributed by atoms with Crippen LogP contribution < -0.4 is 14.8 Å². The summed E-state index contributed by atoms with van der Waals surface area (Å²) in [5.74, 6) is 0.598. The largest absolute Gasteiger partial charge is 0.490 e. The first-order chi connectivity index (χ1) is 16.7. The fraction of sp³-hybridized carbons (Fsp3) is 0.185. The highest BCUT2D eigenvalue weighted by Gasteiger charge is 2.16. The van der Waals surface area contributed by atoms with Crippen LogP contribution in [0.5, 0.6) is 11.5 Å². The molecule has 35 heavy (non-hydrogen) atoms. The summed E-state index contributed by atoms with van der Waals surface area (Å²) < 4.78 is 12.6. The van der Waals surface area contributed by atoms with E-state index in [0.29, 0.717) is 39.4 Å². The van der Waals surface area contributed by atoms with Gasteiger partial charge in [-0.25, -0.2) is 0 Å². The Balaban J connectivity index is 1.86. The molecule has 5 nitrogen and oxygen atoms in total. The van der Waals surface area contributed by atoms with Crippen molar-refractivity contribution in [3.63, 3.8) is 0 Å². The lowest BCUT2D eigenvalue weighted by Crippen LogP contribution is -2.14. The van der Waals surface area contributed by atoms with Crippen LogP contribution in [0.15, 0.2) is 54.1 Å². The van der Waals surface area contributed by atoms with Gasteiger partial charge >= 0.3 is 0 Å². The quantitative estimate of drug-likeness (QED) is 0.159. The van der Waals surface area contributed by atoms with E-state index in [4.69, 9.17) is 32.7 Å². The molecule has 180 valence electrons. The Morgan fingerprint density at radius 1 is 1.11 bits per heavy atom. The number of halogens is 3. The van der Waals surface area contributed by atoms with Crippen molar-refractivity contribution in [1.29, 1.82) is 5.26 Å². The van der Waals surface area contributed by atoms with Crippen LogP contribution >= 0.6 is 45.8 Å². The molecule has 1 amide bonds. The van der Waals surface area contributed by atoms with Gasteiger partial charge in [-0.05, 0) is 102 Å². The number of nitrogens with one attached hydrogen (secondary N) is 1. The summed E-state index contributed by atoms with van der Waals surface area (Å²) in [4.78, 5) is 12.8. The summed E-state index contributed by atoms with van der Waals surface area (Å²) in [5.41, 5.74) is 4.16. The minimum atomic E-state index is -0.478. The molecular formula is C27H23Cl2IN2O3. The molecule has 0 radical (unpaired) electrons. The number of carbonyl (C=O) groups excluding carboxylic acids is 1. The molecule has 3 aromatic carbocycles. The van der Waals surface area contributed by atoms with E-state index in [1.165, 1.54) is 6.08 Å². The van der Waals surface area contributed by atoms with Crippen molar-refractivity contribution in [2.75, 3.05) is 11.9 Å². The van der Waals surface area contributed by atoms with Gasteiger partial charge in [-0.1, -0.05) is 41.4 Å². The van der Waals surface area contributed by atoms with Crippen LogP contribution in [0.3, 0.4) is 0 Å². The molecule has 0 saturated heterocycles. The number of anilines is 1. The second-order valence-corrected chi connectivity index (χ2v) is 9.65. The van der Waals surface area contributed by atoms with Gasteiger partial charge in [0, 0.05) is 5.69 Å². The summed E-state index contributed by atoms with van der Waals surface area (Å²) in [7, 11) is 0. The van der Waals surface area contributed by atoms with Gasteiger partial charge < -0.3 is 14.8 Å². The minimum Gasteiger partial charge on any atom is -0.490 e. The van der Waals surface area contributed by atoms with Crippen LogP contribution in [0.4, 0.5) is 5.69 Å². The highest BCUT2D eigenvalue weighted by atomic mass is 127. The maximum absolute atomic E-state index is 12.8. The Hall–Kier alpha value is -2.73. The van der Waals surface area contributed by atoms with E-state index in [-0.39, 0.29) is 12.2 Å². The molecule has 0 spiro atoms. The van der Waals surface area contributed by atoms with E-state index < -0.39 is 5.91 Å². The van der Waals surface area contributed by atoms with Gasteiger partial charge in [0.15, 0.2) is 11.5 Å². The smallest absolute Gasteiger partial charge is 0.266 e. The fourth-order valence-electron chi connectivity index (χ4n) is 3.25. The second kappa shape index (κ2) is 12.3. The number of aryl methyl sites for hydroxylation is 1. The van der Waals surface area contributed by atoms with E-state index in [2.05, 4.69) is 27.9 Å². The molecule has 0 aliphatic rings. The molecule has 0 unspecified atom stereocenters. The van der Waals surface area contributed by atoms with Crippen molar-refractivity contribution in [2.24, 2.45) is 0 Å². The number of carbonyl (C=O) groups is 1. The van der Waals surface area contributed by atoms with E-state index in [1.54, 1.807) is 18.2 Å². The lowest BCUT2D eigenvalue weighted by atomic mass is 10.1. The number of nitriles is 1. The molecule has 0 fully saturated rings. The third kappa shape index (κ3) is 6.91. The predicted octanol–water partition coefficient (Wildman–Crippen LogP) is 7.74.